The molecule has 154 valence electrons. The molecule has 0 aliphatic rings. The highest BCUT2D eigenvalue weighted by Crippen LogP contribution is 2.16. The van der Waals surface area contributed by atoms with Gasteiger partial charge in [0, 0.05) is 40.9 Å². The van der Waals surface area contributed by atoms with Crippen LogP contribution in [0, 0.1) is 6.92 Å². The molecule has 0 bridgehead atoms. The van der Waals surface area contributed by atoms with Crippen molar-refractivity contribution < 1.29 is 4.79 Å². The molecular formula is C21H31IN4OS. The number of thiophene rings is 1. The van der Waals surface area contributed by atoms with Crippen LogP contribution in [-0.2, 0) is 13.0 Å². The van der Waals surface area contributed by atoms with Gasteiger partial charge in [0.25, 0.3) is 5.91 Å². The van der Waals surface area contributed by atoms with Crippen molar-refractivity contribution in [3.63, 3.8) is 0 Å². The van der Waals surface area contributed by atoms with Crippen LogP contribution in [-0.4, -0.2) is 31.0 Å². The molecule has 2 aromatic rings. The first kappa shape index (κ1) is 24.4. The van der Waals surface area contributed by atoms with Crippen LogP contribution in [0.1, 0.15) is 46.4 Å². The first-order chi connectivity index (χ1) is 13.0. The zero-order valence-electron chi connectivity index (χ0n) is 17.0. The summed E-state index contributed by atoms with van der Waals surface area (Å²) in [6.07, 6.45) is 0.968. The Morgan fingerprint density at radius 2 is 1.89 bits per heavy atom. The van der Waals surface area contributed by atoms with Gasteiger partial charge in [0.2, 0.25) is 0 Å². The lowest BCUT2D eigenvalue weighted by Gasteiger charge is -2.17. The van der Waals surface area contributed by atoms with Crippen LogP contribution in [0.25, 0.3) is 0 Å². The normalized spacial score (nSPS) is 12.1. The predicted molar refractivity (Wildman–Crippen MR) is 130 cm³/mol. The molecule has 0 fully saturated rings. The number of rotatable bonds is 8. The van der Waals surface area contributed by atoms with Crippen molar-refractivity contribution in [3.8, 4) is 0 Å². The first-order valence-corrected chi connectivity index (χ1v) is 10.3. The van der Waals surface area contributed by atoms with Crippen LogP contribution < -0.4 is 16.0 Å². The smallest absolute Gasteiger partial charge is 0.251 e. The molecule has 2 rings (SSSR count). The van der Waals surface area contributed by atoms with E-state index in [0.717, 1.165) is 24.5 Å². The molecule has 1 atom stereocenters. The second-order valence-electron chi connectivity index (χ2n) is 6.52. The maximum atomic E-state index is 12.0. The van der Waals surface area contributed by atoms with E-state index in [4.69, 9.17) is 0 Å². The average Bonchev–Trinajstić information content (AvgIpc) is 3.05. The van der Waals surface area contributed by atoms with E-state index in [1.807, 2.05) is 42.5 Å². The van der Waals surface area contributed by atoms with E-state index in [1.54, 1.807) is 0 Å². The molecular weight excluding hydrogens is 483 g/mol. The molecule has 5 nitrogen and oxygen atoms in total. The molecule has 28 heavy (non-hydrogen) atoms. The van der Waals surface area contributed by atoms with Gasteiger partial charge in [-0.25, -0.2) is 4.99 Å². The summed E-state index contributed by atoms with van der Waals surface area (Å²) in [5.74, 6) is 0.745. The Labute approximate surface area is 189 Å². The average molecular weight is 514 g/mol. The number of hydrogen-bond acceptors (Lipinski definition) is 3. The fourth-order valence-electron chi connectivity index (χ4n) is 2.74. The monoisotopic (exact) mass is 514 g/mol. The first-order valence-electron chi connectivity index (χ1n) is 9.49. The molecule has 0 aliphatic carbocycles. The standard InChI is InChI=1S/C21H30N4OS.HI/c1-5-22-20(26)18-9-7-8-17(13-18)14-24-21(23-6-2)25-15(3)12-19-11-10-16(4)27-19;/h7-11,13,15H,5-6,12,14H2,1-4H3,(H,22,26)(H2,23,24,25);1H. The summed E-state index contributed by atoms with van der Waals surface area (Å²) >= 11 is 1.84. The summed E-state index contributed by atoms with van der Waals surface area (Å²) in [5, 5.41) is 9.59. The van der Waals surface area contributed by atoms with E-state index in [0.29, 0.717) is 18.7 Å². The number of hydrogen-bond donors (Lipinski definition) is 3. The molecule has 1 heterocycles. The van der Waals surface area contributed by atoms with E-state index in [2.05, 4.69) is 53.8 Å². The number of carbonyl (C=O) groups excluding carboxylic acids is 1. The maximum Gasteiger partial charge on any atom is 0.251 e. The summed E-state index contributed by atoms with van der Waals surface area (Å²) in [5.41, 5.74) is 1.68. The van der Waals surface area contributed by atoms with Crippen LogP contribution in [0.4, 0.5) is 0 Å². The Morgan fingerprint density at radius 3 is 2.54 bits per heavy atom. The largest absolute Gasteiger partial charge is 0.357 e. The quantitative estimate of drug-likeness (QED) is 0.282. The van der Waals surface area contributed by atoms with Gasteiger partial charge >= 0.3 is 0 Å². The number of amides is 1. The minimum atomic E-state index is -0.0479. The third-order valence-corrected chi connectivity index (χ3v) is 5.00. The molecule has 0 radical (unpaired) electrons. The number of carbonyl (C=O) groups is 1. The summed E-state index contributed by atoms with van der Waals surface area (Å²) < 4.78 is 0. The van der Waals surface area contributed by atoms with Gasteiger partial charge in [0.1, 0.15) is 0 Å². The molecule has 1 unspecified atom stereocenters. The van der Waals surface area contributed by atoms with Crippen molar-refractivity contribution in [1.82, 2.24) is 16.0 Å². The number of halogens is 1. The Balaban J connectivity index is 0.00000392. The number of guanidine groups is 1. The molecule has 1 aromatic carbocycles. The molecule has 7 heteroatoms. The van der Waals surface area contributed by atoms with Crippen molar-refractivity contribution in [2.24, 2.45) is 4.99 Å². The van der Waals surface area contributed by atoms with E-state index in [1.165, 1.54) is 9.75 Å². The summed E-state index contributed by atoms with van der Waals surface area (Å²) in [6, 6.07) is 12.2. The zero-order valence-corrected chi connectivity index (χ0v) is 20.2. The van der Waals surface area contributed by atoms with Gasteiger partial charge in [-0.05, 0) is 57.5 Å². The lowest BCUT2D eigenvalue weighted by Crippen LogP contribution is -2.43. The molecule has 0 aliphatic heterocycles. The lowest BCUT2D eigenvalue weighted by molar-refractivity contribution is 0.0955. The SMILES string of the molecule is CCNC(=O)c1cccc(CN=C(NCC)NC(C)Cc2ccc(C)s2)c1.I. The molecule has 1 aromatic heterocycles. The van der Waals surface area contributed by atoms with Crippen LogP contribution in [0.5, 0.6) is 0 Å². The zero-order chi connectivity index (χ0) is 19.6. The highest BCUT2D eigenvalue weighted by atomic mass is 127. The van der Waals surface area contributed by atoms with Crippen LogP contribution in [0.2, 0.25) is 0 Å². The number of nitrogens with zero attached hydrogens (tertiary/aromatic N) is 1. The minimum Gasteiger partial charge on any atom is -0.357 e. The fourth-order valence-corrected chi connectivity index (χ4v) is 3.76. The molecule has 1 amide bonds. The van der Waals surface area contributed by atoms with Gasteiger partial charge in [-0.3, -0.25) is 4.79 Å². The van der Waals surface area contributed by atoms with Crippen molar-refractivity contribution in [2.75, 3.05) is 13.1 Å². The van der Waals surface area contributed by atoms with Gasteiger partial charge < -0.3 is 16.0 Å². The van der Waals surface area contributed by atoms with E-state index >= 15 is 0 Å². The molecule has 0 saturated carbocycles. The van der Waals surface area contributed by atoms with Crippen molar-refractivity contribution >= 4 is 47.2 Å². The van der Waals surface area contributed by atoms with Gasteiger partial charge in [-0.2, -0.15) is 0 Å². The lowest BCUT2D eigenvalue weighted by atomic mass is 10.1. The number of benzene rings is 1. The topological polar surface area (TPSA) is 65.5 Å². The summed E-state index contributed by atoms with van der Waals surface area (Å²) in [7, 11) is 0. The Hall–Kier alpha value is -1.61. The van der Waals surface area contributed by atoms with Crippen LogP contribution in [0.3, 0.4) is 0 Å². The molecule has 0 saturated heterocycles. The number of aliphatic imine (C=N–C) groups is 1. The Morgan fingerprint density at radius 1 is 1.14 bits per heavy atom. The van der Waals surface area contributed by atoms with Gasteiger partial charge in [0.05, 0.1) is 6.54 Å². The highest BCUT2D eigenvalue weighted by Gasteiger charge is 2.08. The van der Waals surface area contributed by atoms with Gasteiger partial charge in [-0.1, -0.05) is 12.1 Å². The highest BCUT2D eigenvalue weighted by molar-refractivity contribution is 14.0. The van der Waals surface area contributed by atoms with Gasteiger partial charge in [0.15, 0.2) is 5.96 Å². The van der Waals surface area contributed by atoms with E-state index in [9.17, 15) is 4.79 Å². The Kier molecular flexibility index (Phi) is 11.1. The van der Waals surface area contributed by atoms with Crippen molar-refractivity contribution in [1.29, 1.82) is 0 Å². The fraction of sp³-hybridized carbons (Fsp3) is 0.429. The van der Waals surface area contributed by atoms with E-state index in [-0.39, 0.29) is 35.9 Å². The second kappa shape index (κ2) is 12.8. The van der Waals surface area contributed by atoms with Crippen molar-refractivity contribution in [2.45, 2.75) is 46.7 Å². The number of nitrogens with one attached hydrogen (secondary N) is 3. The molecule has 3 N–H and O–H groups in total. The predicted octanol–water partition coefficient (Wildman–Crippen LogP) is 4.11. The van der Waals surface area contributed by atoms with Crippen LogP contribution >= 0.6 is 35.3 Å². The van der Waals surface area contributed by atoms with Crippen molar-refractivity contribution in [3.05, 3.63) is 57.3 Å². The third-order valence-electron chi connectivity index (χ3n) is 3.98. The minimum absolute atomic E-state index is 0. The van der Waals surface area contributed by atoms with E-state index < -0.39 is 0 Å². The number of aryl methyl sites for hydroxylation is 1. The molecule has 0 spiro atoms. The Bertz CT molecular complexity index is 775. The third kappa shape index (κ3) is 8.18. The summed E-state index contributed by atoms with van der Waals surface area (Å²) in [4.78, 5) is 19.4. The van der Waals surface area contributed by atoms with Gasteiger partial charge in [-0.15, -0.1) is 35.3 Å². The van der Waals surface area contributed by atoms with Crippen LogP contribution in [0.15, 0.2) is 41.4 Å². The summed E-state index contributed by atoms with van der Waals surface area (Å²) in [6.45, 7) is 10.2. The second-order valence-corrected chi connectivity index (χ2v) is 7.89. The maximum absolute atomic E-state index is 12.0.